The third-order valence-electron chi connectivity index (χ3n) is 12.5. The predicted octanol–water partition coefficient (Wildman–Crippen LogP) is 5.82. The van der Waals surface area contributed by atoms with Crippen LogP contribution in [0.2, 0.25) is 0 Å². The van der Waals surface area contributed by atoms with Gasteiger partial charge >= 0.3 is 0 Å². The van der Waals surface area contributed by atoms with Gasteiger partial charge in [0, 0.05) is 29.5 Å². The number of aliphatic hydroxyl groups is 2. The van der Waals surface area contributed by atoms with Gasteiger partial charge in [0.15, 0.2) is 5.76 Å². The monoisotopic (exact) mass is 505 g/mol. The highest BCUT2D eigenvalue weighted by atomic mass is 16.3. The lowest BCUT2D eigenvalue weighted by Gasteiger charge is -2.70. The summed E-state index contributed by atoms with van der Waals surface area (Å²) in [6.07, 6.45) is 13.0. The number of nitrogens with zero attached hydrogens (tertiary/aromatic N) is 1. The van der Waals surface area contributed by atoms with Crippen LogP contribution in [0.15, 0.2) is 46.3 Å². The van der Waals surface area contributed by atoms with Crippen LogP contribution in [0.4, 0.5) is 0 Å². The first-order valence-electron chi connectivity index (χ1n) is 14.3. The normalized spacial score (nSPS) is 45.5. The minimum atomic E-state index is -0.377. The molecule has 1 amide bonds. The van der Waals surface area contributed by atoms with Crippen molar-refractivity contribution in [1.29, 1.82) is 0 Å². The molecule has 0 aromatic carbocycles. The number of likely N-dealkylation sites (tertiary alicyclic amines) is 1. The van der Waals surface area contributed by atoms with Crippen LogP contribution in [0.3, 0.4) is 0 Å². The first-order chi connectivity index (χ1) is 17.2. The van der Waals surface area contributed by atoms with E-state index in [1.165, 1.54) is 5.57 Å². The van der Waals surface area contributed by atoms with Gasteiger partial charge in [-0.2, -0.15) is 0 Å². The molecule has 0 bridgehead atoms. The van der Waals surface area contributed by atoms with E-state index >= 15 is 0 Å². The van der Waals surface area contributed by atoms with Gasteiger partial charge in [0.2, 0.25) is 11.7 Å². The van der Waals surface area contributed by atoms with E-state index in [4.69, 9.17) is 0 Å². The summed E-state index contributed by atoms with van der Waals surface area (Å²) >= 11 is 0. The Hall–Kier alpha value is -2.14. The maximum Gasteiger partial charge on any atom is 0.228 e. The Kier molecular flexibility index (Phi) is 5.09. The van der Waals surface area contributed by atoms with Crippen molar-refractivity contribution < 1.29 is 19.8 Å². The lowest BCUT2D eigenvalue weighted by atomic mass is 9.34. The fraction of sp³-hybridized carbons (Fsp3) is 0.688. The minimum Gasteiger partial charge on any atom is -0.504 e. The quantitative estimate of drug-likeness (QED) is 0.471. The Labute approximate surface area is 221 Å². The Morgan fingerprint density at radius 1 is 0.973 bits per heavy atom. The predicted molar refractivity (Wildman–Crippen MR) is 144 cm³/mol. The van der Waals surface area contributed by atoms with Gasteiger partial charge < -0.3 is 15.1 Å². The van der Waals surface area contributed by atoms with Gasteiger partial charge in [-0.05, 0) is 91.3 Å². The van der Waals surface area contributed by atoms with E-state index in [1.54, 1.807) is 6.08 Å². The van der Waals surface area contributed by atoms with E-state index in [2.05, 4.69) is 46.8 Å². The Balaban J connectivity index is 1.41. The molecule has 200 valence electrons. The van der Waals surface area contributed by atoms with Crippen LogP contribution in [-0.2, 0) is 9.59 Å². The molecular weight excluding hydrogens is 462 g/mol. The van der Waals surface area contributed by atoms with Crippen LogP contribution in [0.25, 0.3) is 0 Å². The Morgan fingerprint density at radius 3 is 2.32 bits per heavy atom. The molecular formula is C32H43NO4. The van der Waals surface area contributed by atoms with E-state index in [1.807, 2.05) is 11.8 Å². The molecule has 5 nitrogen and oxygen atoms in total. The first-order valence-corrected chi connectivity index (χ1v) is 14.3. The van der Waals surface area contributed by atoms with Crippen LogP contribution in [0, 0.1) is 33.0 Å². The largest absolute Gasteiger partial charge is 0.504 e. The SMILES string of the molecule is CC1=C(O)C(=O)C=C2C1=CC=C1[C@@]2(C)CC[C@@]2(C)[C@@H]3C[C@](C)(C(=O)N4CC(O)C4)CC[C@]3(C)CC[C@]12C. The molecule has 5 aliphatic carbocycles. The molecule has 0 unspecified atom stereocenters. The molecule has 1 heterocycles. The van der Waals surface area contributed by atoms with E-state index < -0.39 is 0 Å². The second kappa shape index (κ2) is 7.49. The summed E-state index contributed by atoms with van der Waals surface area (Å²) in [5.74, 6) is 0.251. The highest BCUT2D eigenvalue weighted by Crippen LogP contribution is 2.75. The second-order valence-electron chi connectivity index (χ2n) is 14.5. The van der Waals surface area contributed by atoms with E-state index in [0.717, 1.165) is 56.1 Å². The zero-order valence-corrected chi connectivity index (χ0v) is 23.4. The van der Waals surface area contributed by atoms with Gasteiger partial charge in [0.25, 0.3) is 0 Å². The average Bonchev–Trinajstić information content (AvgIpc) is 2.83. The van der Waals surface area contributed by atoms with Crippen molar-refractivity contribution in [2.45, 2.75) is 92.6 Å². The number of amides is 1. The van der Waals surface area contributed by atoms with Crippen molar-refractivity contribution in [2.75, 3.05) is 13.1 Å². The highest BCUT2D eigenvalue weighted by Gasteiger charge is 2.67. The maximum atomic E-state index is 13.6. The fourth-order valence-corrected chi connectivity index (χ4v) is 9.65. The number of β-amino-alcohol motifs (C(OH)–C–C–N with tert-alkyl or cyclic N) is 1. The summed E-state index contributed by atoms with van der Waals surface area (Å²) in [7, 11) is 0. The van der Waals surface area contributed by atoms with Gasteiger partial charge in [0.1, 0.15) is 0 Å². The summed E-state index contributed by atoms with van der Waals surface area (Å²) in [6.45, 7) is 14.7. The third-order valence-corrected chi connectivity index (χ3v) is 12.5. The number of hydrogen-bond donors (Lipinski definition) is 2. The van der Waals surface area contributed by atoms with Crippen LogP contribution in [0.1, 0.15) is 86.5 Å². The number of carbonyl (C=O) groups excluding carboxylic acids is 2. The van der Waals surface area contributed by atoms with Crippen LogP contribution >= 0.6 is 0 Å². The molecule has 0 spiro atoms. The summed E-state index contributed by atoms with van der Waals surface area (Å²) in [5, 5.41) is 20.2. The third kappa shape index (κ3) is 3.07. The number of aliphatic hydroxyl groups excluding tert-OH is 2. The molecule has 6 aliphatic rings. The van der Waals surface area contributed by atoms with E-state index in [-0.39, 0.29) is 50.6 Å². The smallest absolute Gasteiger partial charge is 0.228 e. The van der Waals surface area contributed by atoms with Crippen molar-refractivity contribution in [1.82, 2.24) is 4.90 Å². The molecule has 0 aromatic heterocycles. The Bertz CT molecular complexity index is 1230. The molecule has 3 saturated carbocycles. The Morgan fingerprint density at radius 2 is 1.65 bits per heavy atom. The van der Waals surface area contributed by atoms with Gasteiger partial charge in [-0.15, -0.1) is 0 Å². The maximum absolute atomic E-state index is 13.6. The lowest BCUT2D eigenvalue weighted by molar-refractivity contribution is -0.179. The summed E-state index contributed by atoms with van der Waals surface area (Å²) in [5.41, 5.74) is 3.80. The second-order valence-corrected chi connectivity index (χ2v) is 14.5. The molecule has 6 atom stereocenters. The molecule has 1 aliphatic heterocycles. The first kappa shape index (κ1) is 25.2. The standard InChI is InChI=1S/C32H43NO4/c1-19-21-7-8-24-30(4,22(21)15-23(35)26(19)36)12-14-32(6)25-16-29(3,27(37)33-17-20(34)18-33)10-9-28(25,2)11-13-31(24,32)5/h7-8,15,20,25,34,36H,9-14,16-18H2,1-6H3/t25-,28-,29-,30+,31-,32+/m1/s1. The van der Waals surface area contributed by atoms with Gasteiger partial charge in [-0.25, -0.2) is 0 Å². The van der Waals surface area contributed by atoms with Crippen molar-refractivity contribution in [3.8, 4) is 0 Å². The molecule has 0 aromatic rings. The molecule has 2 N–H and O–H groups in total. The van der Waals surface area contributed by atoms with Gasteiger partial charge in [-0.3, -0.25) is 9.59 Å². The minimum absolute atomic E-state index is 0.0402. The lowest BCUT2D eigenvalue weighted by Crippen LogP contribution is -2.64. The highest BCUT2D eigenvalue weighted by molar-refractivity contribution is 6.06. The zero-order valence-electron chi connectivity index (χ0n) is 23.4. The van der Waals surface area contributed by atoms with Crippen molar-refractivity contribution in [3.05, 3.63) is 46.3 Å². The zero-order chi connectivity index (χ0) is 26.8. The van der Waals surface area contributed by atoms with Crippen LogP contribution < -0.4 is 0 Å². The molecule has 4 fully saturated rings. The van der Waals surface area contributed by atoms with Gasteiger partial charge in [0.05, 0.1) is 6.10 Å². The van der Waals surface area contributed by atoms with Crippen molar-refractivity contribution >= 4 is 11.7 Å². The summed E-state index contributed by atoms with van der Waals surface area (Å²) < 4.78 is 0. The number of rotatable bonds is 1. The van der Waals surface area contributed by atoms with Crippen LogP contribution in [0.5, 0.6) is 0 Å². The number of carbonyl (C=O) groups is 2. The van der Waals surface area contributed by atoms with Crippen molar-refractivity contribution in [3.63, 3.8) is 0 Å². The average molecular weight is 506 g/mol. The van der Waals surface area contributed by atoms with E-state index in [9.17, 15) is 19.8 Å². The molecule has 1 saturated heterocycles. The molecule has 5 heteroatoms. The topological polar surface area (TPSA) is 77.8 Å². The van der Waals surface area contributed by atoms with Crippen LogP contribution in [-0.4, -0.2) is 46.0 Å². The van der Waals surface area contributed by atoms with E-state index in [0.29, 0.717) is 24.6 Å². The van der Waals surface area contributed by atoms with Gasteiger partial charge in [-0.1, -0.05) is 52.3 Å². The molecule has 6 rings (SSSR count). The number of fused-ring (bicyclic) bond motifs is 7. The summed E-state index contributed by atoms with van der Waals surface area (Å²) in [6, 6.07) is 0. The molecule has 37 heavy (non-hydrogen) atoms. The van der Waals surface area contributed by atoms with Crippen molar-refractivity contribution in [2.24, 2.45) is 33.0 Å². The summed E-state index contributed by atoms with van der Waals surface area (Å²) in [4.78, 5) is 28.2. The number of ketones is 1. The number of hydrogen-bond acceptors (Lipinski definition) is 4. The molecule has 0 radical (unpaired) electrons. The number of allylic oxidation sites excluding steroid dienone is 7. The fourth-order valence-electron chi connectivity index (χ4n) is 9.65.